The molecule has 0 bridgehead atoms. The first-order valence-corrected chi connectivity index (χ1v) is 9.98. The molecule has 1 aromatic carbocycles. The van der Waals surface area contributed by atoms with E-state index in [1.807, 2.05) is 31.2 Å². The number of nitrogens with zero attached hydrogens (tertiary/aromatic N) is 1. The lowest BCUT2D eigenvalue weighted by atomic mass is 9.94. The fraction of sp³-hybridized carbons (Fsp3) is 0.435. The molecule has 0 aliphatic rings. The number of aromatic nitrogens is 1. The van der Waals surface area contributed by atoms with Gasteiger partial charge in [0.05, 0.1) is 13.2 Å². The smallest absolute Gasteiger partial charge is 0.306 e. The Balaban J connectivity index is 2.26. The summed E-state index contributed by atoms with van der Waals surface area (Å²) in [5.74, 6) is -0.510. The monoisotopic (exact) mass is 399 g/mol. The molecule has 0 fully saturated rings. The topological polar surface area (TPSA) is 85.7 Å². The van der Waals surface area contributed by atoms with E-state index in [-0.39, 0.29) is 24.8 Å². The molecular weight excluding hydrogens is 370 g/mol. The van der Waals surface area contributed by atoms with Crippen molar-refractivity contribution in [1.82, 2.24) is 4.98 Å². The molecule has 0 aliphatic carbocycles. The molecular formula is C23H29NO5. The minimum Gasteiger partial charge on any atom is -0.466 e. The van der Waals surface area contributed by atoms with Gasteiger partial charge in [0.15, 0.2) is 0 Å². The van der Waals surface area contributed by atoms with Gasteiger partial charge < -0.3 is 14.6 Å². The van der Waals surface area contributed by atoms with E-state index in [2.05, 4.69) is 4.98 Å². The van der Waals surface area contributed by atoms with Crippen molar-refractivity contribution in [2.75, 3.05) is 13.2 Å². The predicted octanol–water partition coefficient (Wildman–Crippen LogP) is 3.46. The van der Waals surface area contributed by atoms with Crippen molar-refractivity contribution < 1.29 is 24.2 Å². The molecule has 0 radical (unpaired) electrons. The molecule has 6 heteroatoms. The van der Waals surface area contributed by atoms with Gasteiger partial charge in [0, 0.05) is 30.3 Å². The van der Waals surface area contributed by atoms with Crippen LogP contribution < -0.4 is 0 Å². The number of aryl methyl sites for hydroxylation is 3. The summed E-state index contributed by atoms with van der Waals surface area (Å²) >= 11 is 0. The number of aliphatic hydroxyl groups excluding tert-OH is 1. The first-order valence-electron chi connectivity index (χ1n) is 9.98. The molecule has 6 nitrogen and oxygen atoms in total. The quantitative estimate of drug-likeness (QED) is 0.616. The molecule has 0 aliphatic heterocycles. The minimum atomic E-state index is -0.840. The molecule has 0 saturated carbocycles. The number of carbonyl (C=O) groups excluding carboxylic acids is 2. The summed E-state index contributed by atoms with van der Waals surface area (Å²) < 4.78 is 10.0. The number of hydrogen-bond acceptors (Lipinski definition) is 6. The molecule has 156 valence electrons. The highest BCUT2D eigenvalue weighted by Gasteiger charge is 2.16. The molecule has 1 heterocycles. The molecule has 0 spiro atoms. The van der Waals surface area contributed by atoms with Gasteiger partial charge in [0.1, 0.15) is 6.10 Å². The number of benzene rings is 1. The van der Waals surface area contributed by atoms with Gasteiger partial charge in [-0.05, 0) is 56.4 Å². The Kier molecular flexibility index (Phi) is 8.80. The number of ether oxygens (including phenoxy) is 2. The first-order chi connectivity index (χ1) is 13.9. The minimum absolute atomic E-state index is 0.255. The highest BCUT2D eigenvalue weighted by Crippen LogP contribution is 2.26. The van der Waals surface area contributed by atoms with Crippen LogP contribution in [-0.2, 0) is 31.9 Å². The van der Waals surface area contributed by atoms with E-state index in [1.165, 1.54) is 0 Å². The van der Waals surface area contributed by atoms with Crippen molar-refractivity contribution >= 4 is 11.9 Å². The van der Waals surface area contributed by atoms with Crippen LogP contribution in [0, 0.1) is 6.92 Å². The standard InChI is InChI=1S/C23H29NO5/c1-4-28-21(25)10-8-17-13-18(9-11-22(26)29-5-2)15-19(14-17)23(27)20-7-6-12-24-16(20)3/h6-7,12-15,23,27H,4-5,8-11H2,1-3H3. The van der Waals surface area contributed by atoms with Crippen LogP contribution >= 0.6 is 0 Å². The van der Waals surface area contributed by atoms with Crippen molar-refractivity contribution in [3.8, 4) is 0 Å². The molecule has 2 aromatic rings. The summed E-state index contributed by atoms with van der Waals surface area (Å²) in [5.41, 5.74) is 4.02. The van der Waals surface area contributed by atoms with E-state index >= 15 is 0 Å². The second-order valence-corrected chi connectivity index (χ2v) is 6.77. The van der Waals surface area contributed by atoms with Crippen LogP contribution in [0.1, 0.15) is 60.7 Å². The third kappa shape index (κ3) is 6.98. The van der Waals surface area contributed by atoms with Crippen LogP contribution in [0.4, 0.5) is 0 Å². The Labute approximate surface area is 171 Å². The van der Waals surface area contributed by atoms with Crippen LogP contribution in [0.2, 0.25) is 0 Å². The molecule has 1 N–H and O–H groups in total. The highest BCUT2D eigenvalue weighted by molar-refractivity contribution is 5.70. The van der Waals surface area contributed by atoms with Crippen molar-refractivity contribution in [3.63, 3.8) is 0 Å². The summed E-state index contributed by atoms with van der Waals surface area (Å²) in [4.78, 5) is 27.7. The number of esters is 2. The highest BCUT2D eigenvalue weighted by atomic mass is 16.5. The number of aliphatic hydroxyl groups is 1. The Morgan fingerprint density at radius 2 is 1.55 bits per heavy atom. The average Bonchev–Trinajstić information content (AvgIpc) is 2.71. The molecule has 0 saturated heterocycles. The summed E-state index contributed by atoms with van der Waals surface area (Å²) in [6, 6.07) is 9.38. The van der Waals surface area contributed by atoms with E-state index in [0.29, 0.717) is 31.6 Å². The molecule has 29 heavy (non-hydrogen) atoms. The second-order valence-electron chi connectivity index (χ2n) is 6.77. The lowest BCUT2D eigenvalue weighted by Crippen LogP contribution is -2.09. The van der Waals surface area contributed by atoms with Gasteiger partial charge in [-0.1, -0.05) is 24.3 Å². The van der Waals surface area contributed by atoms with Crippen LogP contribution in [0.5, 0.6) is 0 Å². The Morgan fingerprint density at radius 1 is 1.00 bits per heavy atom. The summed E-state index contributed by atoms with van der Waals surface area (Å²) in [6.45, 7) is 6.10. The SMILES string of the molecule is CCOC(=O)CCc1cc(CCC(=O)OCC)cc(C(O)c2cccnc2C)c1. The van der Waals surface area contributed by atoms with E-state index < -0.39 is 6.10 Å². The molecule has 1 unspecified atom stereocenters. The Hall–Kier alpha value is -2.73. The van der Waals surface area contributed by atoms with Crippen molar-refractivity contribution in [3.05, 3.63) is 64.5 Å². The molecule has 0 amide bonds. The zero-order valence-corrected chi connectivity index (χ0v) is 17.3. The summed E-state index contributed by atoms with van der Waals surface area (Å²) in [7, 11) is 0. The lowest BCUT2D eigenvalue weighted by Gasteiger charge is -2.16. The second kappa shape index (κ2) is 11.3. The van der Waals surface area contributed by atoms with E-state index in [1.54, 1.807) is 26.1 Å². The normalized spacial score (nSPS) is 11.7. The fourth-order valence-corrected chi connectivity index (χ4v) is 3.16. The Morgan fingerprint density at radius 3 is 2.03 bits per heavy atom. The van der Waals surface area contributed by atoms with Gasteiger partial charge in [-0.3, -0.25) is 14.6 Å². The van der Waals surface area contributed by atoms with Crippen LogP contribution in [-0.4, -0.2) is 35.2 Å². The largest absolute Gasteiger partial charge is 0.466 e. The third-order valence-corrected chi connectivity index (χ3v) is 4.58. The van der Waals surface area contributed by atoms with Crippen LogP contribution in [0.3, 0.4) is 0 Å². The van der Waals surface area contributed by atoms with Gasteiger partial charge in [0.25, 0.3) is 0 Å². The van der Waals surface area contributed by atoms with Crippen LogP contribution in [0.15, 0.2) is 36.5 Å². The third-order valence-electron chi connectivity index (χ3n) is 4.58. The van der Waals surface area contributed by atoms with Gasteiger partial charge >= 0.3 is 11.9 Å². The number of rotatable bonds is 10. The molecule has 2 rings (SSSR count). The van der Waals surface area contributed by atoms with Gasteiger partial charge in [-0.15, -0.1) is 0 Å². The molecule has 1 atom stereocenters. The van der Waals surface area contributed by atoms with Crippen molar-refractivity contribution in [2.45, 2.75) is 52.6 Å². The van der Waals surface area contributed by atoms with E-state index in [9.17, 15) is 14.7 Å². The van der Waals surface area contributed by atoms with Crippen molar-refractivity contribution in [2.24, 2.45) is 0 Å². The number of carbonyl (C=O) groups is 2. The van der Waals surface area contributed by atoms with Crippen LogP contribution in [0.25, 0.3) is 0 Å². The first kappa shape index (κ1) is 22.6. The zero-order valence-electron chi connectivity index (χ0n) is 17.3. The maximum atomic E-state index is 11.7. The Bertz CT molecular complexity index is 794. The van der Waals surface area contributed by atoms with Gasteiger partial charge in [0.2, 0.25) is 0 Å². The molecule has 1 aromatic heterocycles. The van der Waals surface area contributed by atoms with E-state index in [0.717, 1.165) is 22.4 Å². The zero-order chi connectivity index (χ0) is 21.2. The maximum Gasteiger partial charge on any atom is 0.306 e. The predicted molar refractivity (Wildman–Crippen MR) is 109 cm³/mol. The maximum absolute atomic E-state index is 11.7. The number of pyridine rings is 1. The van der Waals surface area contributed by atoms with E-state index in [4.69, 9.17) is 9.47 Å². The van der Waals surface area contributed by atoms with Gasteiger partial charge in [-0.2, -0.15) is 0 Å². The fourth-order valence-electron chi connectivity index (χ4n) is 3.16. The van der Waals surface area contributed by atoms with Crippen molar-refractivity contribution in [1.29, 1.82) is 0 Å². The summed E-state index contributed by atoms with van der Waals surface area (Å²) in [5, 5.41) is 10.9. The number of hydrogen-bond donors (Lipinski definition) is 1. The summed E-state index contributed by atoms with van der Waals surface area (Å²) in [6.07, 6.45) is 2.36. The van der Waals surface area contributed by atoms with Gasteiger partial charge in [-0.25, -0.2) is 0 Å². The lowest BCUT2D eigenvalue weighted by molar-refractivity contribution is -0.143. The average molecular weight is 399 g/mol.